The molecule has 5 amide bonds. The first-order valence-corrected chi connectivity index (χ1v) is 15.3. The lowest BCUT2D eigenvalue weighted by atomic mass is 9.96. The van der Waals surface area contributed by atoms with Crippen molar-refractivity contribution < 1.29 is 43.3 Å². The Balaban J connectivity index is 1.35. The smallest absolute Gasteiger partial charge is 0.260 e. The summed E-state index contributed by atoms with van der Waals surface area (Å²) in [4.78, 5) is 67.4. The number of amides is 5. The Labute approximate surface area is 266 Å². The molecule has 0 spiro atoms. The average Bonchev–Trinajstić information content (AvgIpc) is 3.52. The molecule has 4 bridgehead atoms. The number of fused-ring (bicyclic) bond motifs is 14. The molecule has 246 valence electrons. The number of hydrogen-bond acceptors (Lipinski definition) is 9. The number of aliphatic hydroxyl groups excluding tert-OH is 1. The summed E-state index contributed by atoms with van der Waals surface area (Å²) < 4.78 is 16.5. The zero-order chi connectivity index (χ0) is 32.8. The molecule has 5 N–H and O–H groups in total. The highest BCUT2D eigenvalue weighted by atomic mass is 16.7. The first-order chi connectivity index (χ1) is 22.1. The lowest BCUT2D eigenvalue weighted by Crippen LogP contribution is -2.59. The summed E-state index contributed by atoms with van der Waals surface area (Å²) in [5.74, 6) is -1.59. The van der Waals surface area contributed by atoms with E-state index < -0.39 is 53.8 Å². The Hall–Kier alpha value is -4.85. The van der Waals surface area contributed by atoms with Crippen molar-refractivity contribution in [2.24, 2.45) is 5.92 Å². The molecule has 2 aromatic rings. The van der Waals surface area contributed by atoms with E-state index in [9.17, 15) is 29.1 Å². The van der Waals surface area contributed by atoms with Gasteiger partial charge in [0.2, 0.25) is 30.4 Å². The Morgan fingerprint density at radius 1 is 0.978 bits per heavy atom. The summed E-state index contributed by atoms with van der Waals surface area (Å²) in [7, 11) is 0. The predicted octanol–water partition coefficient (Wildman–Crippen LogP) is -0.240. The number of benzene rings is 2. The highest BCUT2D eigenvalue weighted by Gasteiger charge is 2.34. The SMILES string of the molecule is C[C@@H]1NC(=O)[C@H]([C@@H](C)O)NC(=O)[C@H]2CCCN(C2)C(=O)COc2ccc(cc2)C[C@@H](C(=O)NCc2ccc3c(c2)OCO3)NC1=O. The third kappa shape index (κ3) is 8.05. The summed E-state index contributed by atoms with van der Waals surface area (Å²) in [6.45, 7) is 3.46. The number of carbonyl (C=O) groups excluding carboxylic acids is 5. The van der Waals surface area contributed by atoms with Gasteiger partial charge in [0.15, 0.2) is 18.1 Å². The van der Waals surface area contributed by atoms with E-state index >= 15 is 0 Å². The minimum absolute atomic E-state index is 0.111. The van der Waals surface area contributed by atoms with Crippen molar-refractivity contribution in [1.82, 2.24) is 26.2 Å². The number of piperidine rings is 1. The van der Waals surface area contributed by atoms with Crippen molar-refractivity contribution in [3.63, 3.8) is 0 Å². The van der Waals surface area contributed by atoms with Crippen LogP contribution in [0.3, 0.4) is 0 Å². The Kier molecular flexibility index (Phi) is 10.3. The Bertz CT molecular complexity index is 1460. The lowest BCUT2D eigenvalue weighted by molar-refractivity contribution is -0.140. The molecule has 1 saturated heterocycles. The van der Waals surface area contributed by atoms with E-state index in [0.29, 0.717) is 42.2 Å². The van der Waals surface area contributed by atoms with Crippen LogP contribution in [0.2, 0.25) is 0 Å². The van der Waals surface area contributed by atoms with Crippen molar-refractivity contribution in [1.29, 1.82) is 0 Å². The molecule has 14 heteroatoms. The highest BCUT2D eigenvalue weighted by molar-refractivity contribution is 5.94. The molecule has 6 rings (SSSR count). The molecule has 5 atom stereocenters. The molecule has 46 heavy (non-hydrogen) atoms. The van der Waals surface area contributed by atoms with E-state index in [2.05, 4.69) is 21.3 Å². The molecule has 4 heterocycles. The van der Waals surface area contributed by atoms with Crippen LogP contribution in [0.1, 0.15) is 37.8 Å². The van der Waals surface area contributed by atoms with Crippen LogP contribution in [0.15, 0.2) is 42.5 Å². The first kappa shape index (κ1) is 32.5. The van der Waals surface area contributed by atoms with Gasteiger partial charge in [-0.15, -0.1) is 0 Å². The maximum atomic E-state index is 13.4. The van der Waals surface area contributed by atoms with Gasteiger partial charge in [-0.2, -0.15) is 0 Å². The van der Waals surface area contributed by atoms with Gasteiger partial charge in [-0.25, -0.2) is 0 Å². The monoisotopic (exact) mass is 637 g/mol. The van der Waals surface area contributed by atoms with E-state index in [1.807, 2.05) is 0 Å². The summed E-state index contributed by atoms with van der Waals surface area (Å²) >= 11 is 0. The molecule has 1 fully saturated rings. The van der Waals surface area contributed by atoms with Gasteiger partial charge in [0.25, 0.3) is 5.91 Å². The number of hydrogen-bond donors (Lipinski definition) is 5. The number of nitrogens with one attached hydrogen (secondary N) is 4. The second-order valence-electron chi connectivity index (χ2n) is 11.7. The third-order valence-electron chi connectivity index (χ3n) is 8.22. The highest BCUT2D eigenvalue weighted by Crippen LogP contribution is 2.32. The van der Waals surface area contributed by atoms with Crippen molar-refractivity contribution in [3.8, 4) is 17.2 Å². The number of ether oxygens (including phenoxy) is 3. The van der Waals surface area contributed by atoms with Gasteiger partial charge in [-0.1, -0.05) is 18.2 Å². The van der Waals surface area contributed by atoms with E-state index in [1.54, 1.807) is 47.4 Å². The Morgan fingerprint density at radius 2 is 1.74 bits per heavy atom. The molecule has 4 aliphatic rings. The molecule has 14 nitrogen and oxygen atoms in total. The first-order valence-electron chi connectivity index (χ1n) is 15.3. The van der Waals surface area contributed by atoms with E-state index in [-0.39, 0.29) is 38.8 Å². The molecule has 4 aliphatic heterocycles. The second-order valence-corrected chi connectivity index (χ2v) is 11.7. The molecule has 2 aromatic carbocycles. The van der Waals surface area contributed by atoms with Crippen molar-refractivity contribution in [3.05, 3.63) is 53.6 Å². The fourth-order valence-electron chi connectivity index (χ4n) is 5.53. The largest absolute Gasteiger partial charge is 0.484 e. The summed E-state index contributed by atoms with van der Waals surface area (Å²) in [6, 6.07) is 8.65. The summed E-state index contributed by atoms with van der Waals surface area (Å²) in [5.41, 5.74) is 1.48. The number of carbonyl (C=O) groups is 5. The maximum absolute atomic E-state index is 13.4. The van der Waals surface area contributed by atoms with Gasteiger partial charge in [0.05, 0.1) is 12.0 Å². The number of nitrogens with zero attached hydrogens (tertiary/aromatic N) is 1. The zero-order valence-electron chi connectivity index (χ0n) is 25.7. The van der Waals surface area contributed by atoms with Crippen LogP contribution in [0.5, 0.6) is 17.2 Å². The molecule has 0 aromatic heterocycles. The van der Waals surface area contributed by atoms with Crippen LogP contribution in [0, 0.1) is 5.92 Å². The topological polar surface area (TPSA) is 185 Å². The molecule has 0 saturated carbocycles. The van der Waals surface area contributed by atoms with Crippen LogP contribution in [-0.4, -0.2) is 90.3 Å². The van der Waals surface area contributed by atoms with Crippen molar-refractivity contribution in [2.45, 2.75) is 63.9 Å². The molecule has 0 radical (unpaired) electrons. The third-order valence-corrected chi connectivity index (χ3v) is 8.22. The standard InChI is InChI=1S/C32H39N5O9/c1-18-29(40)35-24(31(42)33-14-21-7-10-25-26(13-21)46-17-45-25)12-20-5-8-23(9-6-20)44-16-27(39)37-11-3-4-22(15-37)30(41)36-28(19(2)38)32(43)34-18/h5-10,13,18-19,22,24,28,38H,3-4,11-12,14-17H2,1-2H3,(H,33,42)(H,34,43)(H,35,40)(H,36,41)/t18-,19+,22-,24-,28-/m0/s1. The summed E-state index contributed by atoms with van der Waals surface area (Å²) in [6.07, 6.45) is -0.0698. The van der Waals surface area contributed by atoms with Gasteiger partial charge >= 0.3 is 0 Å². The maximum Gasteiger partial charge on any atom is 0.260 e. The van der Waals surface area contributed by atoms with Crippen LogP contribution < -0.4 is 35.5 Å². The minimum Gasteiger partial charge on any atom is -0.484 e. The molecule has 0 unspecified atom stereocenters. The second kappa shape index (κ2) is 14.5. The fourth-order valence-corrected chi connectivity index (χ4v) is 5.53. The molecular weight excluding hydrogens is 598 g/mol. The molecule has 0 aliphatic carbocycles. The van der Waals surface area contributed by atoms with Crippen molar-refractivity contribution in [2.75, 3.05) is 26.5 Å². The van der Waals surface area contributed by atoms with Crippen LogP contribution >= 0.6 is 0 Å². The summed E-state index contributed by atoms with van der Waals surface area (Å²) in [5, 5.41) is 21.0. The zero-order valence-corrected chi connectivity index (χ0v) is 25.7. The van der Waals surface area contributed by atoms with Crippen LogP contribution in [-0.2, 0) is 36.9 Å². The van der Waals surface area contributed by atoms with Crippen molar-refractivity contribution >= 4 is 29.5 Å². The van der Waals surface area contributed by atoms with Crippen LogP contribution in [0.4, 0.5) is 0 Å². The van der Waals surface area contributed by atoms with Gasteiger partial charge in [-0.3, -0.25) is 24.0 Å². The van der Waals surface area contributed by atoms with E-state index in [0.717, 1.165) is 5.56 Å². The Morgan fingerprint density at radius 3 is 2.50 bits per heavy atom. The van der Waals surface area contributed by atoms with E-state index in [1.165, 1.54) is 13.8 Å². The lowest BCUT2D eigenvalue weighted by Gasteiger charge is -2.33. The van der Waals surface area contributed by atoms with Gasteiger partial charge in [-0.05, 0) is 62.1 Å². The number of aliphatic hydroxyl groups is 1. The predicted molar refractivity (Wildman–Crippen MR) is 163 cm³/mol. The normalized spacial score (nSPS) is 24.6. The molecular formula is C32H39N5O9. The van der Waals surface area contributed by atoms with Gasteiger partial charge in [0, 0.05) is 26.1 Å². The minimum atomic E-state index is -1.35. The quantitative estimate of drug-likeness (QED) is 0.282. The van der Waals surface area contributed by atoms with Gasteiger partial charge < -0.3 is 45.5 Å². The number of rotatable bonds is 4. The van der Waals surface area contributed by atoms with E-state index in [4.69, 9.17) is 14.2 Å². The van der Waals surface area contributed by atoms with Crippen LogP contribution in [0.25, 0.3) is 0 Å². The van der Waals surface area contributed by atoms with Gasteiger partial charge in [0.1, 0.15) is 23.9 Å². The average molecular weight is 638 g/mol. The fraction of sp³-hybridized carbons (Fsp3) is 0.469.